The van der Waals surface area contributed by atoms with E-state index in [0.29, 0.717) is 18.5 Å². The van der Waals surface area contributed by atoms with Crippen molar-refractivity contribution in [1.29, 1.82) is 0 Å². The maximum absolute atomic E-state index is 5.71. The molecule has 0 saturated heterocycles. The molecule has 0 saturated carbocycles. The molecule has 4 aromatic rings. The first-order chi connectivity index (χ1) is 13.5. The third-order valence-electron chi connectivity index (χ3n) is 4.35. The fourth-order valence-electron chi connectivity index (χ4n) is 3.13. The number of nitrogens with one attached hydrogen (secondary N) is 1. The number of rotatable bonds is 5. The highest BCUT2D eigenvalue weighted by Crippen LogP contribution is 2.27. The molecule has 0 spiro atoms. The Kier molecular flexibility index (Phi) is 4.60. The monoisotopic (exact) mass is 375 g/mol. The van der Waals surface area contributed by atoms with Crippen LogP contribution in [-0.2, 0) is 7.05 Å². The number of para-hydroxylation sites is 1. The second-order valence-corrected chi connectivity index (χ2v) is 6.41. The molecule has 3 heterocycles. The highest BCUT2D eigenvalue weighted by molar-refractivity contribution is 5.87. The van der Waals surface area contributed by atoms with Gasteiger partial charge in [0.05, 0.1) is 23.7 Å². The van der Waals surface area contributed by atoms with Crippen molar-refractivity contribution >= 4 is 22.8 Å². The molecule has 0 bridgehead atoms. The van der Waals surface area contributed by atoms with Crippen LogP contribution >= 0.6 is 0 Å². The quantitative estimate of drug-likeness (QED) is 0.570. The van der Waals surface area contributed by atoms with Crippen molar-refractivity contribution < 1.29 is 4.74 Å². The minimum atomic E-state index is 0.424. The highest BCUT2D eigenvalue weighted by atomic mass is 16.5. The first kappa shape index (κ1) is 17.8. The molecule has 0 fully saturated rings. The number of nitrogens with zero attached hydrogens (tertiary/aromatic N) is 6. The molecule has 0 radical (unpaired) electrons. The molecule has 8 heteroatoms. The molecular weight excluding hydrogens is 354 g/mol. The van der Waals surface area contributed by atoms with Crippen LogP contribution in [0.1, 0.15) is 18.3 Å². The Morgan fingerprint density at radius 2 is 1.89 bits per heavy atom. The number of ether oxygens (including phenoxy) is 1. The molecule has 3 aromatic heterocycles. The molecule has 4 rings (SSSR count). The van der Waals surface area contributed by atoms with E-state index in [1.165, 1.54) is 0 Å². The van der Waals surface area contributed by atoms with E-state index in [1.807, 2.05) is 58.3 Å². The van der Waals surface area contributed by atoms with E-state index < -0.39 is 0 Å². The van der Waals surface area contributed by atoms with E-state index in [4.69, 9.17) is 4.74 Å². The number of hydrogen-bond acceptors (Lipinski definition) is 7. The van der Waals surface area contributed by atoms with Gasteiger partial charge in [-0.05, 0) is 32.9 Å². The van der Waals surface area contributed by atoms with E-state index >= 15 is 0 Å². The van der Waals surface area contributed by atoms with Crippen molar-refractivity contribution in [3.8, 4) is 17.0 Å². The summed E-state index contributed by atoms with van der Waals surface area (Å²) >= 11 is 0. The molecule has 1 aromatic carbocycles. The van der Waals surface area contributed by atoms with Gasteiger partial charge in [0.15, 0.2) is 0 Å². The van der Waals surface area contributed by atoms with Crippen LogP contribution in [0.3, 0.4) is 0 Å². The minimum absolute atomic E-state index is 0.424. The zero-order valence-electron chi connectivity index (χ0n) is 16.3. The smallest absolute Gasteiger partial charge is 0.230 e. The largest absolute Gasteiger partial charge is 0.492 e. The van der Waals surface area contributed by atoms with Gasteiger partial charge in [-0.3, -0.25) is 10.00 Å². The van der Waals surface area contributed by atoms with Gasteiger partial charge in [-0.15, -0.1) is 0 Å². The molecule has 0 atom stereocenters. The van der Waals surface area contributed by atoms with Gasteiger partial charge in [-0.25, -0.2) is 19.9 Å². The van der Waals surface area contributed by atoms with Crippen LogP contribution in [-0.4, -0.2) is 36.3 Å². The maximum atomic E-state index is 5.71. The van der Waals surface area contributed by atoms with Gasteiger partial charge >= 0.3 is 0 Å². The average molecular weight is 375 g/mol. The number of aromatic nitrogens is 6. The Hall–Kier alpha value is -3.55. The first-order valence-corrected chi connectivity index (χ1v) is 9.06. The van der Waals surface area contributed by atoms with Crippen molar-refractivity contribution in [2.24, 2.45) is 7.05 Å². The number of fused-ring (bicyclic) bond motifs is 1. The minimum Gasteiger partial charge on any atom is -0.492 e. The second kappa shape index (κ2) is 7.22. The third-order valence-corrected chi connectivity index (χ3v) is 4.35. The average Bonchev–Trinajstić information content (AvgIpc) is 3.01. The summed E-state index contributed by atoms with van der Waals surface area (Å²) in [4.78, 5) is 18.1. The lowest BCUT2D eigenvalue weighted by molar-refractivity contribution is 0.343. The zero-order chi connectivity index (χ0) is 19.7. The van der Waals surface area contributed by atoms with Crippen molar-refractivity contribution in [2.45, 2.75) is 20.8 Å². The lowest BCUT2D eigenvalue weighted by atomic mass is 10.2. The Morgan fingerprint density at radius 1 is 1.04 bits per heavy atom. The lowest BCUT2D eigenvalue weighted by Crippen LogP contribution is -2.04. The van der Waals surface area contributed by atoms with Crippen LogP contribution in [0.4, 0.5) is 11.9 Å². The zero-order valence-corrected chi connectivity index (χ0v) is 16.3. The van der Waals surface area contributed by atoms with Crippen molar-refractivity contribution in [3.63, 3.8) is 0 Å². The molecule has 0 unspecified atom stereocenters. The topological polar surface area (TPSA) is 90.6 Å². The molecule has 0 aliphatic heterocycles. The van der Waals surface area contributed by atoms with Crippen LogP contribution in [0, 0.1) is 13.8 Å². The molecular formula is C20H21N7O. The predicted molar refractivity (Wildman–Crippen MR) is 108 cm³/mol. The second-order valence-electron chi connectivity index (χ2n) is 6.41. The van der Waals surface area contributed by atoms with Crippen molar-refractivity contribution in [2.75, 3.05) is 11.9 Å². The van der Waals surface area contributed by atoms with Crippen molar-refractivity contribution in [3.05, 3.63) is 48.0 Å². The van der Waals surface area contributed by atoms with Crippen LogP contribution in [0.5, 0.6) is 5.75 Å². The van der Waals surface area contributed by atoms with Gasteiger partial charge in [0.1, 0.15) is 11.3 Å². The number of aryl methyl sites for hydroxylation is 3. The van der Waals surface area contributed by atoms with Crippen LogP contribution in [0.2, 0.25) is 0 Å². The van der Waals surface area contributed by atoms with E-state index in [0.717, 1.165) is 39.3 Å². The standard InChI is InChI=1S/C20H21N7O/c1-5-28-17-8-6-7-14-12(2)22-20(24-18(14)17)25-19-21-10-9-16(23-19)15-11-27(4)26-13(15)3/h6-11H,5H2,1-4H3,(H,21,22,23,24,25). The first-order valence-electron chi connectivity index (χ1n) is 9.06. The van der Waals surface area contributed by atoms with Gasteiger partial charge in [-0.1, -0.05) is 12.1 Å². The molecule has 0 aliphatic rings. The van der Waals surface area contributed by atoms with Gasteiger partial charge in [0.25, 0.3) is 0 Å². The maximum Gasteiger partial charge on any atom is 0.230 e. The molecule has 0 aliphatic carbocycles. The summed E-state index contributed by atoms with van der Waals surface area (Å²) in [5.41, 5.74) is 4.27. The van der Waals surface area contributed by atoms with E-state index in [2.05, 4.69) is 30.4 Å². The summed E-state index contributed by atoms with van der Waals surface area (Å²) in [5.74, 6) is 1.58. The van der Waals surface area contributed by atoms with Crippen LogP contribution in [0.25, 0.3) is 22.2 Å². The fraction of sp³-hybridized carbons (Fsp3) is 0.250. The van der Waals surface area contributed by atoms with Gasteiger partial charge < -0.3 is 4.74 Å². The van der Waals surface area contributed by atoms with E-state index in [-0.39, 0.29) is 0 Å². The van der Waals surface area contributed by atoms with Crippen LogP contribution in [0.15, 0.2) is 36.7 Å². The summed E-state index contributed by atoms with van der Waals surface area (Å²) in [7, 11) is 1.89. The fourth-order valence-corrected chi connectivity index (χ4v) is 3.13. The Labute approximate surface area is 162 Å². The summed E-state index contributed by atoms with van der Waals surface area (Å²) in [5, 5.41) is 8.44. The van der Waals surface area contributed by atoms with Gasteiger partial charge in [0.2, 0.25) is 11.9 Å². The SMILES string of the molecule is CCOc1cccc2c(C)nc(Nc3nccc(-c4cn(C)nc4C)n3)nc12. The van der Waals surface area contributed by atoms with Crippen LogP contribution < -0.4 is 10.1 Å². The molecule has 28 heavy (non-hydrogen) atoms. The summed E-state index contributed by atoms with van der Waals surface area (Å²) in [6.07, 6.45) is 3.64. The molecule has 142 valence electrons. The van der Waals surface area contributed by atoms with Gasteiger partial charge in [0, 0.05) is 30.4 Å². The number of anilines is 2. The Morgan fingerprint density at radius 3 is 2.64 bits per heavy atom. The van der Waals surface area contributed by atoms with Crippen molar-refractivity contribution in [1.82, 2.24) is 29.7 Å². The molecule has 8 nitrogen and oxygen atoms in total. The summed E-state index contributed by atoms with van der Waals surface area (Å²) in [6, 6.07) is 7.69. The summed E-state index contributed by atoms with van der Waals surface area (Å²) in [6.45, 7) is 6.42. The number of benzene rings is 1. The third kappa shape index (κ3) is 3.36. The predicted octanol–water partition coefficient (Wildman–Crippen LogP) is 3.58. The Bertz CT molecular complexity index is 1150. The molecule has 1 N–H and O–H groups in total. The number of hydrogen-bond donors (Lipinski definition) is 1. The normalized spacial score (nSPS) is 11.0. The lowest BCUT2D eigenvalue weighted by Gasteiger charge is -2.11. The van der Waals surface area contributed by atoms with E-state index in [1.54, 1.807) is 10.9 Å². The van der Waals surface area contributed by atoms with Gasteiger partial charge in [-0.2, -0.15) is 5.10 Å². The Balaban J connectivity index is 1.71. The highest BCUT2D eigenvalue weighted by Gasteiger charge is 2.12. The van der Waals surface area contributed by atoms with E-state index in [9.17, 15) is 0 Å². The molecule has 0 amide bonds. The summed E-state index contributed by atoms with van der Waals surface area (Å²) < 4.78 is 7.48.